The second-order valence-corrected chi connectivity index (χ2v) is 9.61. The molecule has 5 atom stereocenters. The number of anilines is 1. The number of carbonyl (C=O) groups excluding carboxylic acids is 3. The van der Waals surface area contributed by atoms with Gasteiger partial charge < -0.3 is 25.4 Å². The van der Waals surface area contributed by atoms with Crippen molar-refractivity contribution in [3.05, 3.63) is 29.3 Å². The predicted molar refractivity (Wildman–Crippen MR) is 124 cm³/mol. The number of benzene rings is 1. The fourth-order valence-corrected chi connectivity index (χ4v) is 6.20. The quantitative estimate of drug-likeness (QED) is 0.506. The zero-order chi connectivity index (χ0) is 23.8. The zero-order valence-electron chi connectivity index (χ0n) is 19.1. The fourth-order valence-electron chi connectivity index (χ4n) is 6.02. The van der Waals surface area contributed by atoms with Crippen LogP contribution in [0.2, 0.25) is 5.02 Å². The van der Waals surface area contributed by atoms with Crippen molar-refractivity contribution >= 4 is 35.0 Å². The van der Waals surface area contributed by atoms with E-state index in [1.807, 2.05) is 13.8 Å². The van der Waals surface area contributed by atoms with Gasteiger partial charge >= 0.3 is 0 Å². The summed E-state index contributed by atoms with van der Waals surface area (Å²) in [6, 6.07) is 6.01. The summed E-state index contributed by atoms with van der Waals surface area (Å²) in [4.78, 5) is 42.1. The summed E-state index contributed by atoms with van der Waals surface area (Å²) >= 11 is 6.26. The number of fused-ring (bicyclic) bond motifs is 1. The van der Waals surface area contributed by atoms with Crippen LogP contribution in [0.5, 0.6) is 0 Å². The highest BCUT2D eigenvalue weighted by Gasteiger charge is 2.78. The Kier molecular flexibility index (Phi) is 6.71. The monoisotopic (exact) mass is 477 g/mol. The molecule has 180 valence electrons. The van der Waals surface area contributed by atoms with E-state index in [2.05, 4.69) is 10.6 Å². The van der Waals surface area contributed by atoms with Crippen LogP contribution in [0, 0.1) is 11.8 Å². The molecule has 33 heavy (non-hydrogen) atoms. The fraction of sp³-hybridized carbons (Fsp3) is 0.625. The molecule has 3 N–H and O–H groups in total. The molecule has 1 aromatic carbocycles. The van der Waals surface area contributed by atoms with Gasteiger partial charge in [0.25, 0.3) is 0 Å². The Morgan fingerprint density at radius 3 is 2.67 bits per heavy atom. The summed E-state index contributed by atoms with van der Waals surface area (Å²) in [6.45, 7) is 4.56. The van der Waals surface area contributed by atoms with Gasteiger partial charge in [0.1, 0.15) is 11.6 Å². The molecule has 3 saturated heterocycles. The molecule has 0 aromatic heterocycles. The van der Waals surface area contributed by atoms with Crippen molar-refractivity contribution in [3.8, 4) is 0 Å². The van der Waals surface area contributed by atoms with E-state index in [-0.39, 0.29) is 25.0 Å². The topological polar surface area (TPSA) is 108 Å². The van der Waals surface area contributed by atoms with Crippen molar-refractivity contribution in [2.75, 3.05) is 25.0 Å². The number of likely N-dealkylation sites (tertiary alicyclic amines) is 1. The lowest BCUT2D eigenvalue weighted by molar-refractivity contribution is -0.146. The second kappa shape index (κ2) is 9.24. The Bertz CT molecular complexity index is 942. The predicted octanol–water partition coefficient (Wildman–Crippen LogP) is 2.34. The van der Waals surface area contributed by atoms with Crippen LogP contribution in [-0.2, 0) is 19.1 Å². The average Bonchev–Trinajstić information content (AvgIpc) is 3.41. The van der Waals surface area contributed by atoms with Crippen molar-refractivity contribution in [3.63, 3.8) is 0 Å². The van der Waals surface area contributed by atoms with Crippen molar-refractivity contribution in [2.24, 2.45) is 11.8 Å². The number of nitrogens with one attached hydrogen (secondary N) is 2. The second-order valence-electron chi connectivity index (χ2n) is 9.20. The third-order valence-electron chi connectivity index (χ3n) is 7.45. The number of ether oxygens (including phenoxy) is 1. The van der Waals surface area contributed by atoms with Crippen LogP contribution in [0.3, 0.4) is 0 Å². The van der Waals surface area contributed by atoms with E-state index in [1.165, 1.54) is 4.90 Å². The van der Waals surface area contributed by atoms with Crippen molar-refractivity contribution in [2.45, 2.75) is 63.2 Å². The summed E-state index contributed by atoms with van der Waals surface area (Å²) in [6.07, 6.45) is 2.83. The maximum Gasteiger partial charge on any atom is 0.250 e. The molecule has 2 unspecified atom stereocenters. The Balaban J connectivity index is 1.73. The number of aliphatic hydroxyl groups is 1. The lowest BCUT2D eigenvalue weighted by Gasteiger charge is -2.34. The smallest absolute Gasteiger partial charge is 0.250 e. The summed E-state index contributed by atoms with van der Waals surface area (Å²) in [5.41, 5.74) is -1.39. The van der Waals surface area contributed by atoms with Crippen LogP contribution in [0.1, 0.15) is 46.0 Å². The first-order valence-corrected chi connectivity index (χ1v) is 12.2. The van der Waals surface area contributed by atoms with Crippen molar-refractivity contribution in [1.82, 2.24) is 10.2 Å². The normalized spacial score (nSPS) is 32.2. The highest BCUT2D eigenvalue weighted by Crippen LogP contribution is 2.64. The van der Waals surface area contributed by atoms with E-state index in [4.69, 9.17) is 16.3 Å². The van der Waals surface area contributed by atoms with E-state index in [9.17, 15) is 19.5 Å². The summed E-state index contributed by atoms with van der Waals surface area (Å²) in [5.74, 6) is -2.21. The molecule has 0 aliphatic carbocycles. The highest BCUT2D eigenvalue weighted by atomic mass is 35.5. The molecular formula is C24H32ClN3O5. The number of rotatable bonds is 9. The average molecular weight is 478 g/mol. The van der Waals surface area contributed by atoms with Crippen molar-refractivity contribution < 1.29 is 24.2 Å². The van der Waals surface area contributed by atoms with Gasteiger partial charge in [-0.3, -0.25) is 14.4 Å². The summed E-state index contributed by atoms with van der Waals surface area (Å²) in [5, 5.41) is 15.6. The van der Waals surface area contributed by atoms with E-state index in [1.54, 1.807) is 24.3 Å². The molecule has 8 nitrogen and oxygen atoms in total. The van der Waals surface area contributed by atoms with Crippen LogP contribution in [0.4, 0.5) is 5.69 Å². The lowest BCUT2D eigenvalue weighted by Crippen LogP contribution is -2.53. The van der Waals surface area contributed by atoms with Crippen LogP contribution >= 0.6 is 11.6 Å². The number of halogens is 1. The SMILES string of the molecule is CCCNC(=O)[C@H]1[C@H]2C(=O)N(CCCO)C(C(=O)Nc3ccccc3Cl)C23CC[C@]1(CC)O3. The number of carbonyl (C=O) groups is 3. The number of hydrogen-bond donors (Lipinski definition) is 3. The first-order chi connectivity index (χ1) is 15.8. The van der Waals surface area contributed by atoms with Gasteiger partial charge in [-0.25, -0.2) is 0 Å². The number of amides is 3. The molecule has 4 rings (SSSR count). The lowest BCUT2D eigenvalue weighted by atomic mass is 9.65. The van der Waals surface area contributed by atoms with Crippen LogP contribution in [0.25, 0.3) is 0 Å². The van der Waals surface area contributed by atoms with Gasteiger partial charge in [0.2, 0.25) is 17.7 Å². The van der Waals surface area contributed by atoms with Gasteiger partial charge in [-0.15, -0.1) is 0 Å². The summed E-state index contributed by atoms with van der Waals surface area (Å²) < 4.78 is 6.64. The maximum absolute atomic E-state index is 13.7. The molecule has 2 bridgehead atoms. The molecule has 0 saturated carbocycles. The largest absolute Gasteiger partial charge is 0.396 e. The minimum absolute atomic E-state index is 0.111. The molecule has 3 fully saturated rings. The Morgan fingerprint density at radius 1 is 1.24 bits per heavy atom. The van der Waals surface area contributed by atoms with Gasteiger partial charge in [0.15, 0.2) is 0 Å². The van der Waals surface area contributed by atoms with Crippen molar-refractivity contribution in [1.29, 1.82) is 0 Å². The number of nitrogens with zero attached hydrogens (tertiary/aromatic N) is 1. The molecule has 0 radical (unpaired) electrons. The van der Waals surface area contributed by atoms with E-state index in [0.717, 1.165) is 6.42 Å². The molecule has 3 aliphatic rings. The molecule has 1 spiro atoms. The van der Waals surface area contributed by atoms with Gasteiger partial charge in [-0.1, -0.05) is 37.6 Å². The van der Waals surface area contributed by atoms with Gasteiger partial charge in [-0.2, -0.15) is 0 Å². The van der Waals surface area contributed by atoms with E-state index < -0.39 is 35.0 Å². The minimum Gasteiger partial charge on any atom is -0.396 e. The van der Waals surface area contributed by atoms with Gasteiger partial charge in [0, 0.05) is 19.7 Å². The Morgan fingerprint density at radius 2 is 2.00 bits per heavy atom. The number of hydrogen-bond acceptors (Lipinski definition) is 5. The molecular weight excluding hydrogens is 446 g/mol. The minimum atomic E-state index is -1.08. The highest BCUT2D eigenvalue weighted by molar-refractivity contribution is 6.33. The Labute approximate surface area is 199 Å². The number of para-hydroxylation sites is 1. The zero-order valence-corrected chi connectivity index (χ0v) is 19.9. The molecule has 3 amide bonds. The van der Waals surface area contributed by atoms with Crippen LogP contribution in [0.15, 0.2) is 24.3 Å². The van der Waals surface area contributed by atoms with Crippen LogP contribution in [-0.4, -0.2) is 64.7 Å². The van der Waals surface area contributed by atoms with E-state index >= 15 is 0 Å². The van der Waals surface area contributed by atoms with Crippen LogP contribution < -0.4 is 10.6 Å². The maximum atomic E-state index is 13.7. The first kappa shape index (κ1) is 24.0. The molecule has 1 aromatic rings. The van der Waals surface area contributed by atoms with Gasteiger partial charge in [0.05, 0.1) is 28.1 Å². The first-order valence-electron chi connectivity index (χ1n) is 11.8. The Hall–Kier alpha value is -2.16. The third kappa shape index (κ3) is 3.72. The third-order valence-corrected chi connectivity index (χ3v) is 7.78. The number of aliphatic hydroxyl groups excluding tert-OH is 1. The van der Waals surface area contributed by atoms with E-state index in [0.29, 0.717) is 42.9 Å². The van der Waals surface area contributed by atoms with Gasteiger partial charge in [-0.05, 0) is 44.2 Å². The standard InChI is InChI=1S/C24H32ClN3O5/c1-3-12-26-20(30)17-18-22(32)28(13-7-14-29)19(24(18)11-10-23(17,4-2)33-24)21(31)27-16-9-6-5-8-15(16)25/h5-6,8-9,17-19,29H,3-4,7,10-14H2,1-2H3,(H,26,30)(H,27,31)/t17-,18+,19?,23+,24?/m1/s1. The summed E-state index contributed by atoms with van der Waals surface area (Å²) in [7, 11) is 0. The molecule has 3 aliphatic heterocycles. The molecule has 9 heteroatoms. The molecule has 3 heterocycles.